The molecule has 0 aliphatic heterocycles. The molecular formula is C7H6O4Sr. The monoisotopic (exact) mass is 242 g/mol. The van der Waals surface area contributed by atoms with E-state index in [1.165, 1.54) is 24.3 Å². The normalized spacial score (nSPS) is 7.67. The van der Waals surface area contributed by atoms with Gasteiger partial charge in [-0.1, -0.05) is 30.0 Å². The summed E-state index contributed by atoms with van der Waals surface area (Å²) in [6.07, 6.45) is 0. The van der Waals surface area contributed by atoms with Crippen LogP contribution in [-0.2, 0) is 0 Å². The Morgan fingerprint density at radius 1 is 1.25 bits per heavy atom. The van der Waals surface area contributed by atoms with Crippen molar-refractivity contribution in [2.75, 3.05) is 0 Å². The smallest absolute Gasteiger partial charge is 0.872 e. The van der Waals surface area contributed by atoms with Crippen LogP contribution in [0.15, 0.2) is 24.3 Å². The molecule has 12 heavy (non-hydrogen) atoms. The molecule has 0 aliphatic carbocycles. The van der Waals surface area contributed by atoms with Gasteiger partial charge in [-0.2, -0.15) is 0 Å². The quantitative estimate of drug-likeness (QED) is 0.528. The van der Waals surface area contributed by atoms with Crippen molar-refractivity contribution in [3.63, 3.8) is 0 Å². The first-order valence-corrected chi connectivity index (χ1v) is 2.69. The number of rotatable bonds is 1. The summed E-state index contributed by atoms with van der Waals surface area (Å²) in [4.78, 5) is 10.1. The van der Waals surface area contributed by atoms with Crippen LogP contribution in [0.5, 0.6) is 5.75 Å². The molecule has 0 fully saturated rings. The first-order chi connectivity index (χ1) is 4.72. The molecule has 0 spiro atoms. The van der Waals surface area contributed by atoms with Crippen LogP contribution in [0.2, 0.25) is 0 Å². The average Bonchev–Trinajstić information content (AvgIpc) is 1.88. The molecule has 60 valence electrons. The maximum Gasteiger partial charge on any atom is 2.00 e. The second-order valence-corrected chi connectivity index (χ2v) is 1.78. The summed E-state index contributed by atoms with van der Waals surface area (Å²) in [5, 5.41) is 20.8. The van der Waals surface area contributed by atoms with Gasteiger partial charge in [-0.25, -0.2) is 0 Å². The summed E-state index contributed by atoms with van der Waals surface area (Å²) in [7, 11) is 0. The molecular weight excluding hydrogens is 236 g/mol. The van der Waals surface area contributed by atoms with Crippen LogP contribution < -0.4 is 10.2 Å². The fourth-order valence-electron chi connectivity index (χ4n) is 0.635. The number of aromatic carboxylic acids is 1. The Bertz CT molecular complexity index is 261. The topological polar surface area (TPSA) is 94.7 Å². The van der Waals surface area contributed by atoms with Crippen LogP contribution in [0.3, 0.4) is 0 Å². The van der Waals surface area contributed by atoms with Crippen LogP contribution in [0.4, 0.5) is 0 Å². The zero-order valence-corrected chi connectivity index (χ0v) is 9.72. The van der Waals surface area contributed by atoms with Crippen molar-refractivity contribution in [1.29, 1.82) is 0 Å². The van der Waals surface area contributed by atoms with Crippen LogP contribution in [-0.4, -0.2) is 56.9 Å². The van der Waals surface area contributed by atoms with E-state index in [2.05, 4.69) is 0 Å². The fraction of sp³-hybridized carbons (Fsp3) is 0. The molecule has 0 heterocycles. The van der Waals surface area contributed by atoms with Gasteiger partial charge in [-0.15, -0.1) is 0 Å². The molecule has 1 aromatic carbocycles. The molecule has 4 nitrogen and oxygen atoms in total. The molecule has 0 unspecified atom stereocenters. The summed E-state index contributed by atoms with van der Waals surface area (Å²) in [5.74, 6) is -1.94. The number of benzene rings is 1. The van der Waals surface area contributed by atoms with Crippen LogP contribution in [0.1, 0.15) is 10.4 Å². The molecule has 0 saturated heterocycles. The number of para-hydroxylation sites is 1. The Morgan fingerprint density at radius 3 is 2.08 bits per heavy atom. The van der Waals surface area contributed by atoms with Gasteiger partial charge in [-0.05, 0) is 5.56 Å². The van der Waals surface area contributed by atoms with Gasteiger partial charge in [0.15, 0.2) is 0 Å². The predicted molar refractivity (Wildman–Crippen MR) is 39.6 cm³/mol. The standard InChI is InChI=1S/C7H6O3.H2O.Sr/c8-6-4-2-1-3-5(6)7(9)10;;/h1-4,8H,(H,9,10);1H2;/q;;+2/p-2. The maximum absolute atomic E-state index is 10.6. The SMILES string of the molecule is O.O=C([O-])c1ccccc1[O-].[Sr+2]. The van der Waals surface area contributed by atoms with Gasteiger partial charge in [-0.3, -0.25) is 0 Å². The second kappa shape index (κ2) is 6.45. The second-order valence-electron chi connectivity index (χ2n) is 1.78. The fourth-order valence-corrected chi connectivity index (χ4v) is 0.635. The van der Waals surface area contributed by atoms with E-state index in [1.807, 2.05) is 0 Å². The molecule has 2 N–H and O–H groups in total. The van der Waals surface area contributed by atoms with E-state index in [0.29, 0.717) is 0 Å². The molecule has 0 radical (unpaired) electrons. The summed E-state index contributed by atoms with van der Waals surface area (Å²) in [5.41, 5.74) is -0.289. The number of hydrogen-bond donors (Lipinski definition) is 0. The van der Waals surface area contributed by atoms with E-state index in [1.54, 1.807) is 0 Å². The summed E-state index contributed by atoms with van der Waals surface area (Å²) in [6.45, 7) is 0. The van der Waals surface area contributed by atoms with E-state index >= 15 is 0 Å². The molecule has 0 atom stereocenters. The van der Waals surface area contributed by atoms with Gasteiger partial charge in [0.2, 0.25) is 0 Å². The van der Waals surface area contributed by atoms with Gasteiger partial charge in [0.05, 0.1) is 5.97 Å². The first kappa shape index (κ1) is 14.5. The minimum atomic E-state index is -1.43. The molecule has 0 saturated carbocycles. The van der Waals surface area contributed by atoms with Gasteiger partial charge >= 0.3 is 45.5 Å². The Balaban J connectivity index is 0. The third kappa shape index (κ3) is 3.55. The summed E-state index contributed by atoms with van der Waals surface area (Å²) >= 11 is 0. The molecule has 0 aliphatic rings. The van der Waals surface area contributed by atoms with Crippen molar-refractivity contribution in [2.24, 2.45) is 0 Å². The zero-order valence-electron chi connectivity index (χ0n) is 6.24. The minimum Gasteiger partial charge on any atom is -0.872 e. The van der Waals surface area contributed by atoms with E-state index in [9.17, 15) is 15.0 Å². The van der Waals surface area contributed by atoms with E-state index in [4.69, 9.17) is 0 Å². The third-order valence-corrected chi connectivity index (χ3v) is 1.11. The molecule has 5 heteroatoms. The van der Waals surface area contributed by atoms with Gasteiger partial charge in [0, 0.05) is 0 Å². The minimum absolute atomic E-state index is 0. The molecule has 0 aromatic heterocycles. The van der Waals surface area contributed by atoms with E-state index < -0.39 is 11.7 Å². The van der Waals surface area contributed by atoms with Crippen molar-refractivity contribution in [2.45, 2.75) is 0 Å². The Labute approximate surface area is 106 Å². The van der Waals surface area contributed by atoms with Crippen molar-refractivity contribution in [3.05, 3.63) is 29.8 Å². The Morgan fingerprint density at radius 2 is 1.75 bits per heavy atom. The van der Waals surface area contributed by atoms with Crippen LogP contribution in [0.25, 0.3) is 0 Å². The zero-order chi connectivity index (χ0) is 7.56. The van der Waals surface area contributed by atoms with Crippen molar-refractivity contribution >= 4 is 51.5 Å². The van der Waals surface area contributed by atoms with Gasteiger partial charge < -0.3 is 20.5 Å². The number of carbonyl (C=O) groups is 1. The number of carbonyl (C=O) groups excluding carboxylic acids is 1. The molecule has 1 rings (SSSR count). The van der Waals surface area contributed by atoms with Gasteiger partial charge in [0.25, 0.3) is 0 Å². The largest absolute Gasteiger partial charge is 2.00 e. The van der Waals surface area contributed by atoms with E-state index in [-0.39, 0.29) is 56.5 Å². The van der Waals surface area contributed by atoms with Crippen molar-refractivity contribution < 1.29 is 20.5 Å². The van der Waals surface area contributed by atoms with Gasteiger partial charge in [0.1, 0.15) is 0 Å². The first-order valence-electron chi connectivity index (χ1n) is 2.69. The van der Waals surface area contributed by atoms with E-state index in [0.717, 1.165) is 0 Å². The number of carboxylic acid groups (broad SMARTS) is 1. The summed E-state index contributed by atoms with van der Waals surface area (Å²) in [6, 6.07) is 5.37. The molecule has 0 bridgehead atoms. The van der Waals surface area contributed by atoms with Crippen molar-refractivity contribution in [1.82, 2.24) is 0 Å². The average molecular weight is 242 g/mol. The number of carboxylic acids is 1. The Hall–Kier alpha value is -0.0695. The third-order valence-electron chi connectivity index (χ3n) is 1.11. The number of hydrogen-bond acceptors (Lipinski definition) is 3. The Kier molecular flexibility index (Phi) is 7.77. The predicted octanol–water partition coefficient (Wildman–Crippen LogP) is -2.08. The maximum atomic E-state index is 10.6. The molecule has 1 aromatic rings. The van der Waals surface area contributed by atoms with Crippen LogP contribution >= 0.6 is 0 Å². The molecule has 0 amide bonds. The van der Waals surface area contributed by atoms with Crippen molar-refractivity contribution in [3.8, 4) is 5.75 Å². The summed E-state index contributed by atoms with van der Waals surface area (Å²) < 4.78 is 0. The van der Waals surface area contributed by atoms with Crippen LogP contribution in [0, 0.1) is 0 Å².